The van der Waals surface area contributed by atoms with E-state index in [9.17, 15) is 9.59 Å². The van der Waals surface area contributed by atoms with Gasteiger partial charge in [0.1, 0.15) is 5.69 Å². The first-order chi connectivity index (χ1) is 13.0. The molecule has 0 fully saturated rings. The third-order valence-electron chi connectivity index (χ3n) is 3.91. The molecular formula is C19H11BrClN3O2S. The van der Waals surface area contributed by atoms with Gasteiger partial charge in [0.05, 0.1) is 4.53 Å². The minimum Gasteiger partial charge on any atom is -0.266 e. The van der Waals surface area contributed by atoms with Gasteiger partial charge in [-0.15, -0.1) is 0 Å². The van der Waals surface area contributed by atoms with Crippen LogP contribution in [0.5, 0.6) is 0 Å². The highest BCUT2D eigenvalue weighted by Crippen LogP contribution is 2.17. The number of rotatable bonds is 3. The zero-order chi connectivity index (χ0) is 19.0. The smallest absolute Gasteiger partial charge is 0.266 e. The molecule has 0 spiro atoms. The predicted molar refractivity (Wildman–Crippen MR) is 111 cm³/mol. The van der Waals surface area contributed by atoms with Crippen molar-refractivity contribution in [3.05, 3.63) is 100 Å². The molecule has 134 valence electrons. The number of nitrogens with zero attached hydrogens (tertiary/aromatic N) is 3. The molecule has 4 rings (SSSR count). The molecule has 0 N–H and O–H groups in total. The predicted octanol–water partition coefficient (Wildman–Crippen LogP) is 3.07. The van der Waals surface area contributed by atoms with E-state index >= 15 is 0 Å². The highest BCUT2D eigenvalue weighted by atomic mass is 79.9. The van der Waals surface area contributed by atoms with Crippen molar-refractivity contribution in [1.82, 2.24) is 14.6 Å². The fraction of sp³-hybridized carbons (Fsp3) is 0.0526. The molecule has 0 aliphatic carbocycles. The molecule has 2 aromatic carbocycles. The minimum absolute atomic E-state index is 0.185. The number of thiazole rings is 1. The second kappa shape index (κ2) is 7.34. The van der Waals surface area contributed by atoms with Gasteiger partial charge >= 0.3 is 0 Å². The van der Waals surface area contributed by atoms with Crippen LogP contribution < -0.4 is 15.7 Å². The maximum atomic E-state index is 12.7. The van der Waals surface area contributed by atoms with Gasteiger partial charge in [0.15, 0.2) is 0 Å². The first kappa shape index (κ1) is 18.0. The van der Waals surface area contributed by atoms with Crippen LogP contribution in [0.15, 0.2) is 62.6 Å². The zero-order valence-corrected chi connectivity index (χ0v) is 16.9. The van der Waals surface area contributed by atoms with Crippen molar-refractivity contribution in [3.8, 4) is 0 Å². The standard InChI is InChI=1S/C19H11BrClN3O2S/c20-13-6-3-4-11(8-13)9-16-18(26)24-19(27-16)22-17(25)15(23-24)10-12-5-1-2-7-14(12)21/h1-9H,10H2. The Morgan fingerprint density at radius 3 is 2.74 bits per heavy atom. The van der Waals surface area contributed by atoms with Gasteiger partial charge in [0, 0.05) is 15.9 Å². The lowest BCUT2D eigenvalue weighted by atomic mass is 10.1. The summed E-state index contributed by atoms with van der Waals surface area (Å²) >= 11 is 10.7. The topological polar surface area (TPSA) is 64.3 Å². The Bertz CT molecular complexity index is 1330. The van der Waals surface area contributed by atoms with Crippen LogP contribution in [-0.4, -0.2) is 14.6 Å². The highest BCUT2D eigenvalue weighted by Gasteiger charge is 2.12. The molecule has 0 aliphatic heterocycles. The summed E-state index contributed by atoms with van der Waals surface area (Å²) in [6, 6.07) is 14.8. The molecule has 0 saturated heterocycles. The van der Waals surface area contributed by atoms with E-state index in [1.165, 1.54) is 4.52 Å². The first-order valence-electron chi connectivity index (χ1n) is 7.95. The Hall–Kier alpha value is -2.35. The van der Waals surface area contributed by atoms with E-state index < -0.39 is 5.56 Å². The van der Waals surface area contributed by atoms with Crippen LogP contribution in [0.25, 0.3) is 11.0 Å². The van der Waals surface area contributed by atoms with Crippen LogP contribution >= 0.6 is 38.9 Å². The van der Waals surface area contributed by atoms with Crippen molar-refractivity contribution < 1.29 is 0 Å². The van der Waals surface area contributed by atoms with E-state index in [1.54, 1.807) is 12.1 Å². The second-order valence-electron chi connectivity index (χ2n) is 5.80. The number of benzene rings is 2. The summed E-state index contributed by atoms with van der Waals surface area (Å²) in [7, 11) is 0. The van der Waals surface area contributed by atoms with Crippen LogP contribution in [0.1, 0.15) is 16.8 Å². The maximum absolute atomic E-state index is 12.7. The monoisotopic (exact) mass is 459 g/mol. The van der Waals surface area contributed by atoms with Gasteiger partial charge in [0.2, 0.25) is 4.96 Å². The number of aromatic nitrogens is 3. The lowest BCUT2D eigenvalue weighted by Gasteiger charge is -2.02. The molecule has 0 radical (unpaired) electrons. The fourth-order valence-corrected chi connectivity index (χ4v) is 4.15. The molecule has 8 heteroatoms. The maximum Gasteiger partial charge on any atom is 0.296 e. The molecule has 4 aromatic rings. The van der Waals surface area contributed by atoms with Crippen molar-refractivity contribution in [2.24, 2.45) is 0 Å². The molecule has 0 atom stereocenters. The van der Waals surface area contributed by atoms with Gasteiger partial charge < -0.3 is 0 Å². The lowest BCUT2D eigenvalue weighted by Crippen LogP contribution is -2.28. The van der Waals surface area contributed by atoms with Gasteiger partial charge in [0.25, 0.3) is 11.1 Å². The Labute approximate surface area is 170 Å². The molecule has 2 heterocycles. The van der Waals surface area contributed by atoms with Crippen molar-refractivity contribution in [2.75, 3.05) is 0 Å². The summed E-state index contributed by atoms with van der Waals surface area (Å²) in [4.78, 5) is 29.3. The molecule has 0 bridgehead atoms. The first-order valence-corrected chi connectivity index (χ1v) is 9.93. The largest absolute Gasteiger partial charge is 0.296 e. The number of hydrogen-bond donors (Lipinski definition) is 0. The summed E-state index contributed by atoms with van der Waals surface area (Å²) in [6.07, 6.45) is 1.97. The quantitative estimate of drug-likeness (QED) is 0.471. The van der Waals surface area contributed by atoms with E-state index in [0.717, 1.165) is 26.9 Å². The molecule has 2 aromatic heterocycles. The van der Waals surface area contributed by atoms with E-state index in [-0.39, 0.29) is 22.6 Å². The van der Waals surface area contributed by atoms with E-state index in [0.29, 0.717) is 9.55 Å². The number of halogens is 2. The average Bonchev–Trinajstić information content (AvgIpc) is 2.92. The molecule has 0 amide bonds. The van der Waals surface area contributed by atoms with Crippen LogP contribution in [0, 0.1) is 0 Å². The number of fused-ring (bicyclic) bond motifs is 1. The molecule has 27 heavy (non-hydrogen) atoms. The summed E-state index contributed by atoms with van der Waals surface area (Å²) in [6.45, 7) is 0. The van der Waals surface area contributed by atoms with Gasteiger partial charge in [-0.05, 0) is 35.4 Å². The molecule has 0 unspecified atom stereocenters. The summed E-state index contributed by atoms with van der Waals surface area (Å²) in [5.41, 5.74) is 1.05. The van der Waals surface area contributed by atoms with Crippen LogP contribution in [0.4, 0.5) is 0 Å². The Morgan fingerprint density at radius 1 is 1.15 bits per heavy atom. The lowest BCUT2D eigenvalue weighted by molar-refractivity contribution is 0.811. The normalized spacial score (nSPS) is 12.0. The molecule has 5 nitrogen and oxygen atoms in total. The van der Waals surface area contributed by atoms with Gasteiger partial charge in [-0.2, -0.15) is 14.6 Å². The third kappa shape index (κ3) is 3.71. The van der Waals surface area contributed by atoms with Gasteiger partial charge in [-0.3, -0.25) is 9.59 Å². The van der Waals surface area contributed by atoms with Crippen molar-refractivity contribution in [2.45, 2.75) is 6.42 Å². The van der Waals surface area contributed by atoms with Crippen molar-refractivity contribution in [3.63, 3.8) is 0 Å². The Kier molecular flexibility index (Phi) is 4.90. The van der Waals surface area contributed by atoms with Gasteiger partial charge in [-0.1, -0.05) is 69.2 Å². The summed E-state index contributed by atoms with van der Waals surface area (Å²) < 4.78 is 2.56. The third-order valence-corrected chi connectivity index (χ3v) is 5.73. The van der Waals surface area contributed by atoms with E-state index in [4.69, 9.17) is 11.6 Å². The molecule has 0 aliphatic rings. The Morgan fingerprint density at radius 2 is 1.96 bits per heavy atom. The van der Waals surface area contributed by atoms with E-state index in [2.05, 4.69) is 26.0 Å². The second-order valence-corrected chi connectivity index (χ2v) is 8.13. The highest BCUT2D eigenvalue weighted by molar-refractivity contribution is 9.10. The van der Waals surface area contributed by atoms with Crippen LogP contribution in [0.2, 0.25) is 5.02 Å². The molecule has 0 saturated carbocycles. The SMILES string of the molecule is O=c1nc2sc(=Cc3cccc(Br)c3)c(=O)n2nc1Cc1ccccc1Cl. The van der Waals surface area contributed by atoms with Gasteiger partial charge in [-0.25, -0.2) is 0 Å². The van der Waals surface area contributed by atoms with Crippen LogP contribution in [-0.2, 0) is 6.42 Å². The molecular weight excluding hydrogens is 450 g/mol. The summed E-state index contributed by atoms with van der Waals surface area (Å²) in [5, 5.41) is 4.78. The zero-order valence-electron chi connectivity index (χ0n) is 13.7. The summed E-state index contributed by atoms with van der Waals surface area (Å²) in [5.74, 6) is 0. The van der Waals surface area contributed by atoms with E-state index in [1.807, 2.05) is 42.5 Å². The van der Waals surface area contributed by atoms with Crippen LogP contribution in [0.3, 0.4) is 0 Å². The fourth-order valence-electron chi connectivity index (χ4n) is 2.62. The minimum atomic E-state index is -0.454. The Balaban J connectivity index is 1.83. The van der Waals surface area contributed by atoms with Crippen molar-refractivity contribution >= 4 is 49.9 Å². The van der Waals surface area contributed by atoms with Crippen molar-refractivity contribution in [1.29, 1.82) is 0 Å². The average molecular weight is 461 g/mol. The number of hydrogen-bond acceptors (Lipinski definition) is 5.